The molecule has 2 fully saturated rings. The molecule has 1 aromatic rings. The number of hydrogen-bond acceptors (Lipinski definition) is 3. The summed E-state index contributed by atoms with van der Waals surface area (Å²) in [6.07, 6.45) is 5.88. The first-order chi connectivity index (χ1) is 7.45. The highest BCUT2D eigenvalue weighted by molar-refractivity contribution is 5.68. The van der Waals surface area contributed by atoms with Crippen LogP contribution in [0.2, 0.25) is 0 Å². The third kappa shape index (κ3) is 1.56. The van der Waals surface area contributed by atoms with Crippen LogP contribution in [0.4, 0.5) is 11.5 Å². The molecule has 0 aliphatic carbocycles. The number of nitrogens with zero attached hydrogens (tertiary/aromatic N) is 3. The van der Waals surface area contributed by atoms with Crippen molar-refractivity contribution in [3.8, 4) is 0 Å². The van der Waals surface area contributed by atoms with Gasteiger partial charge in [0.2, 0.25) is 0 Å². The van der Waals surface area contributed by atoms with Crippen molar-refractivity contribution in [1.82, 2.24) is 4.98 Å². The van der Waals surface area contributed by atoms with Crippen molar-refractivity contribution in [1.29, 1.82) is 0 Å². The van der Waals surface area contributed by atoms with Crippen molar-refractivity contribution < 1.29 is 0 Å². The van der Waals surface area contributed by atoms with E-state index in [1.165, 1.54) is 56.9 Å². The molecule has 3 rings (SSSR count). The highest BCUT2D eigenvalue weighted by Gasteiger charge is 2.22. The summed E-state index contributed by atoms with van der Waals surface area (Å²) < 4.78 is 0. The lowest BCUT2D eigenvalue weighted by Crippen LogP contribution is -2.38. The third-order valence-corrected chi connectivity index (χ3v) is 3.37. The molecule has 2 aliphatic rings. The van der Waals surface area contributed by atoms with Crippen molar-refractivity contribution in [3.05, 3.63) is 18.3 Å². The molecule has 0 amide bonds. The van der Waals surface area contributed by atoms with E-state index in [9.17, 15) is 0 Å². The first-order valence-corrected chi connectivity index (χ1v) is 5.90. The zero-order valence-corrected chi connectivity index (χ0v) is 9.02. The van der Waals surface area contributed by atoms with Crippen molar-refractivity contribution in [2.45, 2.75) is 19.3 Å². The molecule has 0 N–H and O–H groups in total. The maximum Gasteiger partial charge on any atom is 0.152 e. The van der Waals surface area contributed by atoms with Crippen LogP contribution in [-0.2, 0) is 0 Å². The van der Waals surface area contributed by atoms with Crippen LogP contribution in [0.25, 0.3) is 0 Å². The van der Waals surface area contributed by atoms with Crippen molar-refractivity contribution in [2.24, 2.45) is 0 Å². The molecule has 0 bridgehead atoms. The topological polar surface area (TPSA) is 19.4 Å². The minimum atomic E-state index is 1.18. The summed E-state index contributed by atoms with van der Waals surface area (Å²) in [6, 6.07) is 4.27. The van der Waals surface area contributed by atoms with Crippen molar-refractivity contribution in [3.63, 3.8) is 0 Å². The maximum atomic E-state index is 4.53. The highest BCUT2D eigenvalue weighted by Crippen LogP contribution is 2.31. The molecule has 3 nitrogen and oxygen atoms in total. The van der Waals surface area contributed by atoms with Crippen LogP contribution in [0, 0.1) is 0 Å². The number of pyridine rings is 1. The Morgan fingerprint density at radius 2 is 1.67 bits per heavy atom. The molecule has 80 valence electrons. The van der Waals surface area contributed by atoms with E-state index in [1.54, 1.807) is 0 Å². The second-order valence-electron chi connectivity index (χ2n) is 4.38. The predicted molar refractivity (Wildman–Crippen MR) is 62.5 cm³/mol. The molecule has 0 unspecified atom stereocenters. The van der Waals surface area contributed by atoms with Gasteiger partial charge in [-0.1, -0.05) is 0 Å². The second-order valence-corrected chi connectivity index (χ2v) is 4.38. The molecule has 0 spiro atoms. The molecule has 0 radical (unpaired) electrons. The van der Waals surface area contributed by atoms with Gasteiger partial charge in [0.25, 0.3) is 0 Å². The lowest BCUT2D eigenvalue weighted by atomic mass is 10.2. The Bertz CT molecular complexity index is 340. The Hall–Kier alpha value is -1.25. The van der Waals surface area contributed by atoms with Crippen LogP contribution >= 0.6 is 0 Å². The lowest BCUT2D eigenvalue weighted by molar-refractivity contribution is 0.609. The number of hydrogen-bond donors (Lipinski definition) is 0. The SMILES string of the molecule is c1cnc(N2CCC2)c(N2CCCC2)c1. The van der Waals surface area contributed by atoms with E-state index in [4.69, 9.17) is 0 Å². The molecule has 0 aromatic carbocycles. The summed E-state index contributed by atoms with van der Waals surface area (Å²) in [5.74, 6) is 1.20. The van der Waals surface area contributed by atoms with Crippen LogP contribution in [0.15, 0.2) is 18.3 Å². The molecule has 15 heavy (non-hydrogen) atoms. The normalized spacial score (nSPS) is 20.5. The van der Waals surface area contributed by atoms with Crippen molar-refractivity contribution in [2.75, 3.05) is 36.0 Å². The van der Waals surface area contributed by atoms with Gasteiger partial charge in [0.15, 0.2) is 5.82 Å². The number of aromatic nitrogens is 1. The largest absolute Gasteiger partial charge is 0.369 e. The van der Waals surface area contributed by atoms with Crippen LogP contribution in [0.3, 0.4) is 0 Å². The quantitative estimate of drug-likeness (QED) is 0.731. The first-order valence-electron chi connectivity index (χ1n) is 5.90. The molecule has 0 saturated carbocycles. The first kappa shape index (κ1) is 9.01. The van der Waals surface area contributed by atoms with Gasteiger partial charge in [-0.15, -0.1) is 0 Å². The average Bonchev–Trinajstić information content (AvgIpc) is 2.69. The Labute approximate surface area is 90.7 Å². The maximum absolute atomic E-state index is 4.53. The van der Waals surface area contributed by atoms with Gasteiger partial charge in [-0.25, -0.2) is 4.98 Å². The summed E-state index contributed by atoms with van der Waals surface area (Å²) in [6.45, 7) is 4.76. The van der Waals surface area contributed by atoms with Crippen LogP contribution < -0.4 is 9.80 Å². The number of anilines is 2. The Balaban J connectivity index is 1.90. The monoisotopic (exact) mass is 203 g/mol. The van der Waals surface area contributed by atoms with E-state index in [1.807, 2.05) is 6.20 Å². The highest BCUT2D eigenvalue weighted by atomic mass is 15.3. The van der Waals surface area contributed by atoms with E-state index in [0.29, 0.717) is 0 Å². The summed E-state index contributed by atoms with van der Waals surface area (Å²) in [4.78, 5) is 9.39. The lowest BCUT2D eigenvalue weighted by Gasteiger charge is -2.35. The van der Waals surface area contributed by atoms with Crippen molar-refractivity contribution >= 4 is 11.5 Å². The standard InChI is InChI=1S/C12H17N3/c1-2-8-14(7-1)11-5-3-6-13-12(11)15-9-4-10-15/h3,5-6H,1-2,4,7-10H2. The fourth-order valence-corrected chi connectivity index (χ4v) is 2.37. The van der Waals surface area contributed by atoms with Gasteiger partial charge >= 0.3 is 0 Å². The van der Waals surface area contributed by atoms with Crippen LogP contribution in [0.5, 0.6) is 0 Å². The van der Waals surface area contributed by atoms with Crippen LogP contribution in [0.1, 0.15) is 19.3 Å². The van der Waals surface area contributed by atoms with E-state index >= 15 is 0 Å². The summed E-state index contributed by atoms with van der Waals surface area (Å²) in [5, 5.41) is 0. The second kappa shape index (κ2) is 3.72. The molecule has 3 heteroatoms. The summed E-state index contributed by atoms with van der Waals surface area (Å²) in [7, 11) is 0. The Morgan fingerprint density at radius 3 is 2.33 bits per heavy atom. The summed E-state index contributed by atoms with van der Waals surface area (Å²) >= 11 is 0. The number of rotatable bonds is 2. The molecule has 2 saturated heterocycles. The molecular formula is C12H17N3. The van der Waals surface area contributed by atoms with E-state index in [2.05, 4.69) is 26.9 Å². The summed E-state index contributed by atoms with van der Waals surface area (Å²) in [5.41, 5.74) is 1.34. The Kier molecular flexibility index (Phi) is 2.24. The fraction of sp³-hybridized carbons (Fsp3) is 0.583. The Morgan fingerprint density at radius 1 is 0.933 bits per heavy atom. The van der Waals surface area contributed by atoms with Crippen LogP contribution in [-0.4, -0.2) is 31.2 Å². The average molecular weight is 203 g/mol. The zero-order chi connectivity index (χ0) is 10.1. The minimum absolute atomic E-state index is 1.18. The molecule has 3 heterocycles. The van der Waals surface area contributed by atoms with Gasteiger partial charge < -0.3 is 9.80 Å². The molecule has 0 atom stereocenters. The van der Waals surface area contributed by atoms with E-state index in [-0.39, 0.29) is 0 Å². The van der Waals surface area contributed by atoms with Gasteiger partial charge in [0, 0.05) is 32.4 Å². The van der Waals surface area contributed by atoms with E-state index in [0.717, 1.165) is 0 Å². The molecule has 1 aromatic heterocycles. The predicted octanol–water partition coefficient (Wildman–Crippen LogP) is 1.89. The third-order valence-electron chi connectivity index (χ3n) is 3.37. The van der Waals surface area contributed by atoms with Gasteiger partial charge in [-0.3, -0.25) is 0 Å². The van der Waals surface area contributed by atoms with Gasteiger partial charge in [0.1, 0.15) is 0 Å². The van der Waals surface area contributed by atoms with Gasteiger partial charge in [0.05, 0.1) is 5.69 Å². The van der Waals surface area contributed by atoms with E-state index < -0.39 is 0 Å². The van der Waals surface area contributed by atoms with Gasteiger partial charge in [-0.2, -0.15) is 0 Å². The minimum Gasteiger partial charge on any atom is -0.369 e. The van der Waals surface area contributed by atoms with Gasteiger partial charge in [-0.05, 0) is 31.4 Å². The smallest absolute Gasteiger partial charge is 0.152 e. The molecule has 2 aliphatic heterocycles. The molecular weight excluding hydrogens is 186 g/mol. The fourth-order valence-electron chi connectivity index (χ4n) is 2.37. The zero-order valence-electron chi connectivity index (χ0n) is 9.02.